The van der Waals surface area contributed by atoms with E-state index >= 15 is 0 Å². The van der Waals surface area contributed by atoms with Crippen molar-refractivity contribution in [1.82, 2.24) is 14.9 Å². The molecule has 4 rings (SSSR count). The number of amides is 1. The van der Waals surface area contributed by atoms with E-state index < -0.39 is 0 Å². The summed E-state index contributed by atoms with van der Waals surface area (Å²) in [7, 11) is 0. The predicted octanol–water partition coefficient (Wildman–Crippen LogP) is 3.27. The number of benzene rings is 2. The van der Waals surface area contributed by atoms with E-state index in [2.05, 4.69) is 34.6 Å². The molecule has 3 aromatic rings. The molecule has 2 aromatic carbocycles. The van der Waals surface area contributed by atoms with E-state index in [9.17, 15) is 4.79 Å². The molecule has 1 fully saturated rings. The number of aryl methyl sites for hydroxylation is 1. The van der Waals surface area contributed by atoms with Crippen LogP contribution in [0.2, 0.25) is 0 Å². The van der Waals surface area contributed by atoms with Gasteiger partial charge in [0.1, 0.15) is 0 Å². The topological polar surface area (TPSA) is 46.9 Å². The van der Waals surface area contributed by atoms with Gasteiger partial charge in [-0.25, -0.2) is 4.98 Å². The summed E-state index contributed by atoms with van der Waals surface area (Å²) in [5.41, 5.74) is 3.55. The van der Waals surface area contributed by atoms with Crippen molar-refractivity contribution in [3.63, 3.8) is 0 Å². The van der Waals surface area contributed by atoms with Crippen LogP contribution in [0.5, 0.6) is 0 Å². The Bertz CT molecular complexity index is 849. The van der Waals surface area contributed by atoms with E-state index in [0.717, 1.165) is 30.4 Å². The van der Waals surface area contributed by atoms with Gasteiger partial charge in [-0.3, -0.25) is 4.79 Å². The molecular formula is C20H21N3O. The molecule has 4 heteroatoms. The lowest BCUT2D eigenvalue weighted by Crippen LogP contribution is -2.32. The largest absolute Gasteiger partial charge is 0.355 e. The number of rotatable bonds is 6. The molecule has 0 saturated heterocycles. The molecule has 1 aliphatic carbocycles. The first-order valence-electron chi connectivity index (χ1n) is 8.49. The highest BCUT2D eigenvalue weighted by atomic mass is 16.1. The van der Waals surface area contributed by atoms with Gasteiger partial charge in [0, 0.05) is 24.9 Å². The number of hydrogen-bond acceptors (Lipinski definition) is 2. The quantitative estimate of drug-likeness (QED) is 0.758. The normalized spacial score (nSPS) is 15.3. The van der Waals surface area contributed by atoms with Crippen molar-refractivity contribution in [1.29, 1.82) is 0 Å². The average Bonchev–Trinajstić information content (AvgIpc) is 3.32. The molecule has 0 unspecified atom stereocenters. The Balaban J connectivity index is 1.33. The van der Waals surface area contributed by atoms with Crippen LogP contribution in [0.1, 0.15) is 24.8 Å². The van der Waals surface area contributed by atoms with Crippen LogP contribution in [0.3, 0.4) is 0 Å². The number of imidazole rings is 1. The van der Waals surface area contributed by atoms with Crippen LogP contribution in [0.25, 0.3) is 11.0 Å². The SMILES string of the molecule is O=C(CCn1cnc2ccccc21)NCC1(c2ccccc2)CC1. The fraction of sp³-hybridized carbons (Fsp3) is 0.300. The van der Waals surface area contributed by atoms with Crippen LogP contribution >= 0.6 is 0 Å². The summed E-state index contributed by atoms with van der Waals surface area (Å²) in [6, 6.07) is 18.5. The second-order valence-corrected chi connectivity index (χ2v) is 6.60. The molecule has 0 bridgehead atoms. The van der Waals surface area contributed by atoms with Crippen molar-refractivity contribution in [3.05, 3.63) is 66.5 Å². The summed E-state index contributed by atoms with van der Waals surface area (Å²) in [6.07, 6.45) is 4.60. The van der Waals surface area contributed by atoms with Gasteiger partial charge in [-0.1, -0.05) is 42.5 Å². The van der Waals surface area contributed by atoms with Gasteiger partial charge in [-0.05, 0) is 30.5 Å². The highest BCUT2D eigenvalue weighted by Crippen LogP contribution is 2.47. The number of nitrogens with one attached hydrogen (secondary N) is 1. The fourth-order valence-electron chi connectivity index (χ4n) is 3.28. The molecule has 1 aromatic heterocycles. The summed E-state index contributed by atoms with van der Waals surface area (Å²) in [5.74, 6) is 0.106. The first-order valence-corrected chi connectivity index (χ1v) is 8.49. The Morgan fingerprint density at radius 3 is 2.62 bits per heavy atom. The molecule has 0 atom stereocenters. The Morgan fingerprint density at radius 2 is 1.83 bits per heavy atom. The van der Waals surface area contributed by atoms with Crippen molar-refractivity contribution >= 4 is 16.9 Å². The Hall–Kier alpha value is -2.62. The molecule has 1 amide bonds. The van der Waals surface area contributed by atoms with Crippen LogP contribution < -0.4 is 5.32 Å². The fourth-order valence-corrected chi connectivity index (χ4v) is 3.28. The molecule has 1 aliphatic rings. The van der Waals surface area contributed by atoms with Gasteiger partial charge in [-0.15, -0.1) is 0 Å². The van der Waals surface area contributed by atoms with E-state index in [1.54, 1.807) is 0 Å². The molecular weight excluding hydrogens is 298 g/mol. The number of aromatic nitrogens is 2. The first kappa shape index (κ1) is 14.9. The average molecular weight is 319 g/mol. The minimum Gasteiger partial charge on any atom is -0.355 e. The molecule has 0 radical (unpaired) electrons. The van der Waals surface area contributed by atoms with E-state index in [-0.39, 0.29) is 11.3 Å². The maximum atomic E-state index is 12.2. The standard InChI is InChI=1S/C20H21N3O/c24-19(10-13-23-15-22-17-8-4-5-9-18(17)23)21-14-20(11-12-20)16-6-2-1-3-7-16/h1-9,15H,10-14H2,(H,21,24). The monoisotopic (exact) mass is 319 g/mol. The van der Waals surface area contributed by atoms with Crippen LogP contribution in [0, 0.1) is 0 Å². The molecule has 0 aliphatic heterocycles. The van der Waals surface area contributed by atoms with E-state index in [0.29, 0.717) is 13.0 Å². The summed E-state index contributed by atoms with van der Waals surface area (Å²) in [4.78, 5) is 16.6. The van der Waals surface area contributed by atoms with Crippen LogP contribution in [0.4, 0.5) is 0 Å². The lowest BCUT2D eigenvalue weighted by atomic mass is 9.96. The first-order chi connectivity index (χ1) is 11.8. The number of hydrogen-bond donors (Lipinski definition) is 1. The lowest BCUT2D eigenvalue weighted by Gasteiger charge is -2.16. The zero-order valence-electron chi connectivity index (χ0n) is 13.6. The highest BCUT2D eigenvalue weighted by molar-refractivity contribution is 5.77. The molecule has 122 valence electrons. The second-order valence-electron chi connectivity index (χ2n) is 6.60. The number of carbonyl (C=O) groups is 1. The van der Waals surface area contributed by atoms with E-state index in [1.807, 2.05) is 41.2 Å². The third kappa shape index (κ3) is 2.92. The summed E-state index contributed by atoms with van der Waals surface area (Å²) in [5, 5.41) is 3.12. The summed E-state index contributed by atoms with van der Waals surface area (Å²) >= 11 is 0. The molecule has 24 heavy (non-hydrogen) atoms. The zero-order chi connectivity index (χ0) is 16.4. The Labute approximate surface area is 141 Å². The Morgan fingerprint density at radius 1 is 1.08 bits per heavy atom. The van der Waals surface area contributed by atoms with Gasteiger partial charge in [-0.2, -0.15) is 0 Å². The lowest BCUT2D eigenvalue weighted by molar-refractivity contribution is -0.121. The smallest absolute Gasteiger partial charge is 0.221 e. The predicted molar refractivity (Wildman–Crippen MR) is 94.7 cm³/mol. The van der Waals surface area contributed by atoms with E-state index in [1.165, 1.54) is 5.56 Å². The van der Waals surface area contributed by atoms with Gasteiger partial charge in [0.25, 0.3) is 0 Å². The van der Waals surface area contributed by atoms with Crippen LogP contribution in [-0.2, 0) is 16.8 Å². The number of fused-ring (bicyclic) bond motifs is 1. The zero-order valence-corrected chi connectivity index (χ0v) is 13.6. The Kier molecular flexibility index (Phi) is 3.81. The van der Waals surface area contributed by atoms with Crippen molar-refractivity contribution < 1.29 is 4.79 Å². The summed E-state index contributed by atoms with van der Waals surface area (Å²) in [6.45, 7) is 1.39. The van der Waals surface area contributed by atoms with Crippen molar-refractivity contribution in [3.8, 4) is 0 Å². The van der Waals surface area contributed by atoms with Crippen LogP contribution in [0.15, 0.2) is 60.9 Å². The number of nitrogens with zero attached hydrogens (tertiary/aromatic N) is 2. The van der Waals surface area contributed by atoms with Crippen molar-refractivity contribution in [2.24, 2.45) is 0 Å². The van der Waals surface area contributed by atoms with Crippen molar-refractivity contribution in [2.75, 3.05) is 6.54 Å². The third-order valence-corrected chi connectivity index (χ3v) is 4.97. The van der Waals surface area contributed by atoms with Gasteiger partial charge in [0.2, 0.25) is 5.91 Å². The van der Waals surface area contributed by atoms with Gasteiger partial charge in [0.05, 0.1) is 17.4 Å². The molecule has 1 heterocycles. The maximum Gasteiger partial charge on any atom is 0.221 e. The molecule has 4 nitrogen and oxygen atoms in total. The molecule has 0 spiro atoms. The summed E-state index contributed by atoms with van der Waals surface area (Å²) < 4.78 is 2.04. The van der Waals surface area contributed by atoms with Crippen molar-refractivity contribution in [2.45, 2.75) is 31.2 Å². The number of para-hydroxylation sites is 2. The third-order valence-electron chi connectivity index (χ3n) is 4.97. The van der Waals surface area contributed by atoms with Crippen LogP contribution in [-0.4, -0.2) is 22.0 Å². The minimum absolute atomic E-state index is 0.106. The highest BCUT2D eigenvalue weighted by Gasteiger charge is 2.44. The molecule has 1 N–H and O–H groups in total. The van der Waals surface area contributed by atoms with Gasteiger partial charge < -0.3 is 9.88 Å². The number of carbonyl (C=O) groups excluding carboxylic acids is 1. The van der Waals surface area contributed by atoms with Gasteiger partial charge in [0.15, 0.2) is 0 Å². The van der Waals surface area contributed by atoms with Gasteiger partial charge >= 0.3 is 0 Å². The maximum absolute atomic E-state index is 12.2. The second kappa shape index (κ2) is 6.11. The van der Waals surface area contributed by atoms with E-state index in [4.69, 9.17) is 0 Å². The molecule has 1 saturated carbocycles. The minimum atomic E-state index is 0.106.